The fourth-order valence-corrected chi connectivity index (χ4v) is 5.03. The molecule has 1 aromatic carbocycles. The van der Waals surface area contributed by atoms with Crippen molar-refractivity contribution < 1.29 is 22.7 Å². The van der Waals surface area contributed by atoms with E-state index in [0.717, 1.165) is 0 Å². The highest BCUT2D eigenvalue weighted by Crippen LogP contribution is 2.38. The van der Waals surface area contributed by atoms with Crippen LogP contribution in [0, 0.1) is 0 Å². The van der Waals surface area contributed by atoms with Crippen molar-refractivity contribution in [2.45, 2.75) is 24.7 Å². The summed E-state index contributed by atoms with van der Waals surface area (Å²) >= 11 is 11.9. The van der Waals surface area contributed by atoms with E-state index in [1.807, 2.05) is 13.8 Å². The second-order valence-electron chi connectivity index (χ2n) is 7.16. The standard InChI is InChI=1S/C19H19Cl2N3O5S/c1-10(2)12-5-11(23(3)4)6-15-16(12)18(25)24(30(15,27)28)9-29-19(26)17-13(20)7-22-8-14(17)21/h5-8,10H,9H2,1-4H3. The number of halogens is 2. The van der Waals surface area contributed by atoms with Gasteiger partial charge in [-0.2, -0.15) is 4.31 Å². The lowest BCUT2D eigenvalue weighted by atomic mass is 9.95. The summed E-state index contributed by atoms with van der Waals surface area (Å²) in [7, 11) is -0.655. The number of nitrogens with zero attached hydrogens (tertiary/aromatic N) is 3. The van der Waals surface area contributed by atoms with Crippen molar-refractivity contribution in [1.29, 1.82) is 0 Å². The Kier molecular flexibility index (Phi) is 5.99. The molecule has 11 heteroatoms. The van der Waals surface area contributed by atoms with Gasteiger partial charge in [0.1, 0.15) is 10.5 Å². The summed E-state index contributed by atoms with van der Waals surface area (Å²) in [6, 6.07) is 3.22. The summed E-state index contributed by atoms with van der Waals surface area (Å²) < 4.78 is 31.7. The first-order valence-electron chi connectivity index (χ1n) is 8.85. The molecule has 0 N–H and O–H groups in total. The maximum atomic E-state index is 13.1. The molecule has 2 aromatic rings. The Hall–Kier alpha value is -2.36. The Balaban J connectivity index is 1.97. The van der Waals surface area contributed by atoms with Crippen molar-refractivity contribution in [2.75, 3.05) is 25.7 Å². The first-order chi connectivity index (χ1) is 14.0. The predicted octanol–water partition coefficient (Wildman–Crippen LogP) is 3.54. The van der Waals surface area contributed by atoms with E-state index in [2.05, 4.69) is 4.98 Å². The lowest BCUT2D eigenvalue weighted by molar-refractivity contribution is 0.0358. The summed E-state index contributed by atoms with van der Waals surface area (Å²) in [5.74, 6) is -1.82. The number of hydrogen-bond donors (Lipinski definition) is 0. The molecule has 0 bridgehead atoms. The minimum Gasteiger partial charge on any atom is -0.439 e. The maximum Gasteiger partial charge on any atom is 0.343 e. The monoisotopic (exact) mass is 471 g/mol. The summed E-state index contributed by atoms with van der Waals surface area (Å²) in [5.41, 5.74) is 1.17. The fraction of sp³-hybridized carbons (Fsp3) is 0.316. The van der Waals surface area contributed by atoms with Gasteiger partial charge in [-0.05, 0) is 23.6 Å². The molecular formula is C19H19Cl2N3O5S. The zero-order valence-corrected chi connectivity index (χ0v) is 19.0. The number of carbonyl (C=O) groups excluding carboxylic acids is 2. The molecule has 2 heterocycles. The van der Waals surface area contributed by atoms with Crippen LogP contribution in [0.5, 0.6) is 0 Å². The first-order valence-corrected chi connectivity index (χ1v) is 11.0. The summed E-state index contributed by atoms with van der Waals surface area (Å²) in [4.78, 5) is 30.8. The number of esters is 1. The summed E-state index contributed by atoms with van der Waals surface area (Å²) in [6.45, 7) is 2.93. The quantitative estimate of drug-likeness (QED) is 0.614. The third-order valence-corrected chi connectivity index (χ3v) is 6.94. The topological polar surface area (TPSA) is 96.9 Å². The average Bonchev–Trinajstić information content (AvgIpc) is 2.85. The van der Waals surface area contributed by atoms with Crippen LogP contribution in [-0.4, -0.2) is 50.4 Å². The van der Waals surface area contributed by atoms with Gasteiger partial charge in [0.05, 0.1) is 15.6 Å². The van der Waals surface area contributed by atoms with Crippen LogP contribution in [0.3, 0.4) is 0 Å². The number of sulfonamides is 1. The van der Waals surface area contributed by atoms with Crippen molar-refractivity contribution >= 4 is 50.8 Å². The Morgan fingerprint density at radius 1 is 1.20 bits per heavy atom. The Bertz CT molecular complexity index is 1130. The number of anilines is 1. The van der Waals surface area contributed by atoms with Gasteiger partial charge in [0.15, 0.2) is 6.73 Å². The number of hydrogen-bond acceptors (Lipinski definition) is 7. The van der Waals surface area contributed by atoms with Crippen LogP contribution >= 0.6 is 23.2 Å². The van der Waals surface area contributed by atoms with E-state index in [1.54, 1.807) is 25.1 Å². The number of aromatic nitrogens is 1. The van der Waals surface area contributed by atoms with Crippen LogP contribution in [0.1, 0.15) is 46.0 Å². The molecule has 1 amide bonds. The minimum absolute atomic E-state index is 0.0517. The number of benzene rings is 1. The third kappa shape index (κ3) is 3.73. The van der Waals surface area contributed by atoms with E-state index < -0.39 is 28.6 Å². The molecule has 1 aromatic heterocycles. The molecule has 0 unspecified atom stereocenters. The van der Waals surface area contributed by atoms with Gasteiger partial charge in [0.25, 0.3) is 15.9 Å². The molecule has 0 aliphatic carbocycles. The molecule has 0 fully saturated rings. The Morgan fingerprint density at radius 3 is 2.33 bits per heavy atom. The normalized spacial score (nSPS) is 14.8. The smallest absolute Gasteiger partial charge is 0.343 e. The Labute approximate surface area is 184 Å². The SMILES string of the molecule is CC(C)c1cc(N(C)C)cc2c1C(=O)N(COC(=O)c1c(Cl)cncc1Cl)S2(=O)=O. The maximum absolute atomic E-state index is 13.1. The van der Waals surface area contributed by atoms with E-state index in [9.17, 15) is 18.0 Å². The molecular weight excluding hydrogens is 453 g/mol. The van der Waals surface area contributed by atoms with E-state index >= 15 is 0 Å². The van der Waals surface area contributed by atoms with Gasteiger partial charge in [0, 0.05) is 32.2 Å². The van der Waals surface area contributed by atoms with Crippen LogP contribution in [0.2, 0.25) is 10.0 Å². The van der Waals surface area contributed by atoms with Gasteiger partial charge in [0.2, 0.25) is 0 Å². The second kappa shape index (κ2) is 8.05. The molecule has 0 atom stereocenters. The van der Waals surface area contributed by atoms with Crippen LogP contribution in [-0.2, 0) is 14.8 Å². The van der Waals surface area contributed by atoms with E-state index in [1.165, 1.54) is 18.5 Å². The summed E-state index contributed by atoms with van der Waals surface area (Å²) in [5, 5.41) is -0.103. The van der Waals surface area contributed by atoms with Crippen molar-refractivity contribution in [1.82, 2.24) is 9.29 Å². The second-order valence-corrected chi connectivity index (χ2v) is 9.80. The lowest BCUT2D eigenvalue weighted by Crippen LogP contribution is -2.33. The molecule has 30 heavy (non-hydrogen) atoms. The van der Waals surface area contributed by atoms with Crippen LogP contribution in [0.15, 0.2) is 29.4 Å². The van der Waals surface area contributed by atoms with Gasteiger partial charge in [-0.3, -0.25) is 9.78 Å². The van der Waals surface area contributed by atoms with Crippen LogP contribution in [0.4, 0.5) is 5.69 Å². The number of fused-ring (bicyclic) bond motifs is 1. The van der Waals surface area contributed by atoms with E-state index in [0.29, 0.717) is 15.6 Å². The number of amides is 1. The minimum atomic E-state index is -4.20. The van der Waals surface area contributed by atoms with Gasteiger partial charge < -0.3 is 9.64 Å². The molecule has 0 saturated heterocycles. The van der Waals surface area contributed by atoms with E-state index in [-0.39, 0.29) is 32.0 Å². The molecule has 0 radical (unpaired) electrons. The number of carbonyl (C=O) groups is 2. The molecule has 1 aliphatic rings. The third-order valence-electron chi connectivity index (χ3n) is 4.63. The largest absolute Gasteiger partial charge is 0.439 e. The van der Waals surface area contributed by atoms with E-state index in [4.69, 9.17) is 27.9 Å². The Morgan fingerprint density at radius 2 is 1.80 bits per heavy atom. The molecule has 1 aliphatic heterocycles. The van der Waals surface area contributed by atoms with Gasteiger partial charge in [-0.1, -0.05) is 37.0 Å². The van der Waals surface area contributed by atoms with Crippen LogP contribution in [0.25, 0.3) is 0 Å². The number of ether oxygens (including phenoxy) is 1. The summed E-state index contributed by atoms with van der Waals surface area (Å²) in [6.07, 6.45) is 2.41. The molecule has 8 nitrogen and oxygen atoms in total. The molecule has 0 spiro atoms. The number of rotatable bonds is 5. The fourth-order valence-electron chi connectivity index (χ4n) is 3.04. The molecule has 0 saturated carbocycles. The van der Waals surface area contributed by atoms with Crippen molar-refractivity contribution in [3.8, 4) is 0 Å². The van der Waals surface area contributed by atoms with Crippen molar-refractivity contribution in [3.05, 3.63) is 51.3 Å². The first kappa shape index (κ1) is 22.3. The van der Waals surface area contributed by atoms with Gasteiger partial charge in [-0.25, -0.2) is 13.2 Å². The van der Waals surface area contributed by atoms with Crippen molar-refractivity contribution in [2.24, 2.45) is 0 Å². The van der Waals surface area contributed by atoms with Crippen molar-refractivity contribution in [3.63, 3.8) is 0 Å². The van der Waals surface area contributed by atoms with Crippen LogP contribution < -0.4 is 4.90 Å². The predicted molar refractivity (Wildman–Crippen MR) is 113 cm³/mol. The highest BCUT2D eigenvalue weighted by molar-refractivity contribution is 7.90. The van der Waals surface area contributed by atoms with Gasteiger partial charge in [-0.15, -0.1) is 0 Å². The van der Waals surface area contributed by atoms with Gasteiger partial charge >= 0.3 is 5.97 Å². The zero-order chi connectivity index (χ0) is 22.4. The highest BCUT2D eigenvalue weighted by atomic mass is 35.5. The highest BCUT2D eigenvalue weighted by Gasteiger charge is 2.44. The molecule has 3 rings (SSSR count). The molecule has 160 valence electrons. The number of pyridine rings is 1. The lowest BCUT2D eigenvalue weighted by Gasteiger charge is -2.17. The average molecular weight is 472 g/mol. The zero-order valence-electron chi connectivity index (χ0n) is 16.6.